The number of nitrogen functional groups attached to an aromatic ring is 1. The molecule has 0 atom stereocenters. The highest BCUT2D eigenvalue weighted by Gasteiger charge is 2.21. The smallest absolute Gasteiger partial charge is 0.137 e. The third-order valence-electron chi connectivity index (χ3n) is 3.82. The van der Waals surface area contributed by atoms with E-state index in [0.717, 1.165) is 49.2 Å². The summed E-state index contributed by atoms with van der Waals surface area (Å²) >= 11 is 0. The number of hydrogen-bond acceptors (Lipinski definition) is 6. The molecule has 1 aliphatic heterocycles. The van der Waals surface area contributed by atoms with Gasteiger partial charge in [-0.2, -0.15) is 0 Å². The number of piperazine rings is 1. The maximum Gasteiger partial charge on any atom is 0.137 e. The standard InChI is InChI=1S/C15H20N6/c1-11-14(16)18-12(2)19-15(11)21-9-7-20(8-10-21)13-5-3-4-6-17-13/h3-6H,7-10H2,1-2H3,(H2,16,18,19). The van der Waals surface area contributed by atoms with Gasteiger partial charge in [0.2, 0.25) is 0 Å². The van der Waals surface area contributed by atoms with Crippen LogP contribution in [0.2, 0.25) is 0 Å². The van der Waals surface area contributed by atoms with Crippen molar-refractivity contribution in [1.82, 2.24) is 15.0 Å². The van der Waals surface area contributed by atoms with Crippen molar-refractivity contribution in [2.24, 2.45) is 0 Å². The van der Waals surface area contributed by atoms with E-state index in [2.05, 4.69) is 24.8 Å². The van der Waals surface area contributed by atoms with Gasteiger partial charge in [-0.25, -0.2) is 15.0 Å². The fourth-order valence-electron chi connectivity index (χ4n) is 2.63. The van der Waals surface area contributed by atoms with Crippen molar-refractivity contribution in [3.8, 4) is 0 Å². The third kappa shape index (κ3) is 2.74. The lowest BCUT2D eigenvalue weighted by molar-refractivity contribution is 0.639. The molecule has 2 N–H and O–H groups in total. The van der Waals surface area contributed by atoms with E-state index < -0.39 is 0 Å². The van der Waals surface area contributed by atoms with Gasteiger partial charge in [0, 0.05) is 37.9 Å². The molecule has 1 saturated heterocycles. The lowest BCUT2D eigenvalue weighted by Crippen LogP contribution is -2.47. The van der Waals surface area contributed by atoms with Crippen LogP contribution in [-0.2, 0) is 0 Å². The second kappa shape index (κ2) is 5.55. The summed E-state index contributed by atoms with van der Waals surface area (Å²) in [5, 5.41) is 0. The van der Waals surface area contributed by atoms with Crippen LogP contribution in [-0.4, -0.2) is 41.1 Å². The molecule has 3 heterocycles. The van der Waals surface area contributed by atoms with Crippen LogP contribution < -0.4 is 15.5 Å². The lowest BCUT2D eigenvalue weighted by Gasteiger charge is -2.36. The number of anilines is 3. The highest BCUT2D eigenvalue weighted by Crippen LogP contribution is 2.23. The summed E-state index contributed by atoms with van der Waals surface area (Å²) in [4.78, 5) is 17.7. The van der Waals surface area contributed by atoms with Gasteiger partial charge in [0.1, 0.15) is 23.3 Å². The Hall–Kier alpha value is -2.37. The van der Waals surface area contributed by atoms with Crippen molar-refractivity contribution in [1.29, 1.82) is 0 Å². The number of nitrogens with zero attached hydrogens (tertiary/aromatic N) is 5. The molecule has 0 unspecified atom stereocenters. The van der Waals surface area contributed by atoms with Crippen molar-refractivity contribution in [3.63, 3.8) is 0 Å². The van der Waals surface area contributed by atoms with Gasteiger partial charge in [-0.15, -0.1) is 0 Å². The number of aryl methyl sites for hydroxylation is 1. The molecule has 6 heteroatoms. The highest BCUT2D eigenvalue weighted by molar-refractivity contribution is 5.57. The van der Waals surface area contributed by atoms with Crippen molar-refractivity contribution >= 4 is 17.5 Å². The van der Waals surface area contributed by atoms with Crippen molar-refractivity contribution < 1.29 is 0 Å². The van der Waals surface area contributed by atoms with Crippen molar-refractivity contribution in [2.45, 2.75) is 13.8 Å². The van der Waals surface area contributed by atoms with Crippen LogP contribution in [0.15, 0.2) is 24.4 Å². The van der Waals surface area contributed by atoms with E-state index >= 15 is 0 Å². The van der Waals surface area contributed by atoms with Crippen LogP contribution in [0.3, 0.4) is 0 Å². The Morgan fingerprint density at radius 2 is 1.71 bits per heavy atom. The molecule has 21 heavy (non-hydrogen) atoms. The Morgan fingerprint density at radius 3 is 2.38 bits per heavy atom. The Balaban J connectivity index is 1.74. The minimum absolute atomic E-state index is 0.574. The van der Waals surface area contributed by atoms with Crippen LogP contribution in [0, 0.1) is 13.8 Å². The molecule has 2 aromatic heterocycles. The number of hydrogen-bond donors (Lipinski definition) is 1. The average molecular weight is 284 g/mol. The summed E-state index contributed by atoms with van der Waals surface area (Å²) < 4.78 is 0. The van der Waals surface area contributed by atoms with Gasteiger partial charge >= 0.3 is 0 Å². The molecular weight excluding hydrogens is 264 g/mol. The van der Waals surface area contributed by atoms with E-state index in [1.54, 1.807) is 0 Å². The van der Waals surface area contributed by atoms with E-state index in [0.29, 0.717) is 5.82 Å². The molecule has 6 nitrogen and oxygen atoms in total. The lowest BCUT2D eigenvalue weighted by atomic mass is 10.2. The number of pyridine rings is 1. The van der Waals surface area contributed by atoms with Crippen LogP contribution in [0.5, 0.6) is 0 Å². The Bertz CT molecular complexity index is 620. The zero-order chi connectivity index (χ0) is 14.8. The van der Waals surface area contributed by atoms with E-state index in [-0.39, 0.29) is 0 Å². The quantitative estimate of drug-likeness (QED) is 0.898. The Kier molecular flexibility index (Phi) is 3.60. The second-order valence-corrected chi connectivity index (χ2v) is 5.27. The zero-order valence-electron chi connectivity index (χ0n) is 12.5. The largest absolute Gasteiger partial charge is 0.383 e. The minimum atomic E-state index is 0.574. The van der Waals surface area contributed by atoms with Crippen LogP contribution in [0.25, 0.3) is 0 Å². The predicted octanol–water partition coefficient (Wildman–Crippen LogP) is 1.40. The molecule has 0 spiro atoms. The average Bonchev–Trinajstić information content (AvgIpc) is 2.52. The van der Waals surface area contributed by atoms with Gasteiger partial charge in [0.15, 0.2) is 0 Å². The first-order valence-electron chi connectivity index (χ1n) is 7.17. The maximum atomic E-state index is 5.95. The molecular formula is C15H20N6. The molecule has 0 bridgehead atoms. The molecule has 1 aliphatic rings. The molecule has 0 saturated carbocycles. The normalized spacial score (nSPS) is 15.3. The number of aromatic nitrogens is 3. The van der Waals surface area contributed by atoms with Gasteiger partial charge < -0.3 is 15.5 Å². The molecule has 3 rings (SSSR count). The summed E-state index contributed by atoms with van der Waals surface area (Å²) in [6, 6.07) is 6.01. The molecule has 110 valence electrons. The van der Waals surface area contributed by atoms with E-state index in [4.69, 9.17) is 5.73 Å². The number of rotatable bonds is 2. The second-order valence-electron chi connectivity index (χ2n) is 5.27. The molecule has 0 aliphatic carbocycles. The van der Waals surface area contributed by atoms with Crippen LogP contribution >= 0.6 is 0 Å². The topological polar surface area (TPSA) is 71.2 Å². The first kappa shape index (κ1) is 13.6. The van der Waals surface area contributed by atoms with Gasteiger partial charge in [-0.05, 0) is 26.0 Å². The molecule has 0 radical (unpaired) electrons. The first-order chi connectivity index (χ1) is 10.1. The zero-order valence-corrected chi connectivity index (χ0v) is 12.5. The van der Waals surface area contributed by atoms with Crippen molar-refractivity contribution in [3.05, 3.63) is 35.8 Å². The SMILES string of the molecule is Cc1nc(N)c(C)c(N2CCN(c3ccccn3)CC2)n1. The Labute approximate surface area is 124 Å². The summed E-state index contributed by atoms with van der Waals surface area (Å²) in [5.74, 6) is 3.29. The molecule has 0 amide bonds. The molecule has 1 fully saturated rings. The maximum absolute atomic E-state index is 5.95. The van der Waals surface area contributed by atoms with E-state index in [1.807, 2.05) is 38.2 Å². The molecule has 0 aromatic carbocycles. The van der Waals surface area contributed by atoms with E-state index in [9.17, 15) is 0 Å². The van der Waals surface area contributed by atoms with Crippen LogP contribution in [0.1, 0.15) is 11.4 Å². The van der Waals surface area contributed by atoms with Gasteiger partial charge in [0.05, 0.1) is 0 Å². The summed E-state index contributed by atoms with van der Waals surface area (Å²) in [6.45, 7) is 7.54. The van der Waals surface area contributed by atoms with Crippen molar-refractivity contribution in [2.75, 3.05) is 41.7 Å². The predicted molar refractivity (Wildman–Crippen MR) is 84.6 cm³/mol. The van der Waals surface area contributed by atoms with Gasteiger partial charge in [-0.3, -0.25) is 0 Å². The minimum Gasteiger partial charge on any atom is -0.383 e. The Morgan fingerprint density at radius 1 is 1.00 bits per heavy atom. The highest BCUT2D eigenvalue weighted by atomic mass is 15.3. The third-order valence-corrected chi connectivity index (χ3v) is 3.82. The summed E-state index contributed by atoms with van der Waals surface area (Å²) in [6.07, 6.45) is 1.83. The van der Waals surface area contributed by atoms with E-state index in [1.165, 1.54) is 0 Å². The summed E-state index contributed by atoms with van der Waals surface area (Å²) in [7, 11) is 0. The van der Waals surface area contributed by atoms with Crippen LogP contribution in [0.4, 0.5) is 17.5 Å². The number of nitrogens with two attached hydrogens (primary N) is 1. The first-order valence-corrected chi connectivity index (χ1v) is 7.17. The fourth-order valence-corrected chi connectivity index (χ4v) is 2.63. The fraction of sp³-hybridized carbons (Fsp3) is 0.400. The van der Waals surface area contributed by atoms with Gasteiger partial charge in [-0.1, -0.05) is 6.07 Å². The molecule has 2 aromatic rings. The summed E-state index contributed by atoms with van der Waals surface area (Å²) in [5.41, 5.74) is 6.91. The monoisotopic (exact) mass is 284 g/mol. The van der Waals surface area contributed by atoms with Gasteiger partial charge in [0.25, 0.3) is 0 Å².